The maximum atomic E-state index is 4.34. The fourth-order valence-electron chi connectivity index (χ4n) is 3.72. The minimum Gasteiger partial charge on any atom is -0.100 e. The van der Waals surface area contributed by atoms with Gasteiger partial charge < -0.3 is 0 Å². The van der Waals surface area contributed by atoms with E-state index >= 15 is 0 Å². The lowest BCUT2D eigenvalue weighted by Gasteiger charge is -2.14. The first-order valence-corrected chi connectivity index (χ1v) is 12.5. The van der Waals surface area contributed by atoms with Crippen molar-refractivity contribution in [1.29, 1.82) is 0 Å². The Morgan fingerprint density at radius 1 is 1.12 bits per heavy atom. The Balaban J connectivity index is 0.000000894. The highest BCUT2D eigenvalue weighted by Gasteiger charge is 2.17. The number of benzene rings is 1. The molecule has 0 heteroatoms. The molecule has 1 aliphatic rings. The van der Waals surface area contributed by atoms with Gasteiger partial charge in [-0.1, -0.05) is 93.3 Å². The summed E-state index contributed by atoms with van der Waals surface area (Å²) >= 11 is 0. The van der Waals surface area contributed by atoms with E-state index in [0.29, 0.717) is 5.92 Å². The minimum absolute atomic E-state index is 0.685. The van der Waals surface area contributed by atoms with Crippen molar-refractivity contribution in [2.45, 2.75) is 93.4 Å². The number of hydrogen-bond donors (Lipinski definition) is 0. The summed E-state index contributed by atoms with van der Waals surface area (Å²) in [7, 11) is 0. The van der Waals surface area contributed by atoms with E-state index < -0.39 is 0 Å². The van der Waals surface area contributed by atoms with E-state index in [0.717, 1.165) is 36.3 Å². The second-order valence-corrected chi connectivity index (χ2v) is 10.2. The topological polar surface area (TPSA) is 0 Å². The maximum Gasteiger partial charge on any atom is -0.00230 e. The standard InChI is InChI=1S/C27H38.C5H10/c1-10-26(16-23(8)20(4)5)24(9)17-27-18-25(14-12-22(27)7)13-11-21(6)15-19(2)3;1-2-5-3-4-5/h10,12,14,16,18,21H,1-2,9,11,13,15,17H2,3-8H3;5H,2-4H2,1H3/b26-16+;/t21-;/m0./s1. The molecule has 1 aromatic rings. The van der Waals surface area contributed by atoms with Gasteiger partial charge in [0.05, 0.1) is 0 Å². The fraction of sp³-hybridized carbons (Fsp3) is 0.500. The molecular formula is C32H48. The first kappa shape index (κ1) is 28.0. The zero-order valence-electron chi connectivity index (χ0n) is 22.1. The molecule has 0 amide bonds. The second-order valence-electron chi connectivity index (χ2n) is 10.2. The highest BCUT2D eigenvalue weighted by molar-refractivity contribution is 5.46. The van der Waals surface area contributed by atoms with Gasteiger partial charge in [-0.25, -0.2) is 0 Å². The van der Waals surface area contributed by atoms with Gasteiger partial charge >= 0.3 is 0 Å². The summed E-state index contributed by atoms with van der Waals surface area (Å²) in [6.45, 7) is 27.7. The van der Waals surface area contributed by atoms with Crippen LogP contribution in [0.2, 0.25) is 0 Å². The summed E-state index contributed by atoms with van der Waals surface area (Å²) in [6.07, 6.45) is 12.9. The Kier molecular flexibility index (Phi) is 12.4. The Hall–Kier alpha value is -2.08. The average molecular weight is 433 g/mol. The Labute approximate surface area is 199 Å². The van der Waals surface area contributed by atoms with Crippen LogP contribution in [0.15, 0.2) is 78.0 Å². The lowest BCUT2D eigenvalue weighted by Crippen LogP contribution is -2.00. The predicted octanol–water partition coefficient (Wildman–Crippen LogP) is 9.90. The van der Waals surface area contributed by atoms with Gasteiger partial charge in [-0.05, 0) is 100.0 Å². The first-order chi connectivity index (χ1) is 15.1. The van der Waals surface area contributed by atoms with Crippen molar-refractivity contribution in [2.24, 2.45) is 11.8 Å². The van der Waals surface area contributed by atoms with Crippen molar-refractivity contribution in [3.8, 4) is 0 Å². The molecule has 1 aliphatic carbocycles. The molecule has 0 N–H and O–H groups in total. The van der Waals surface area contributed by atoms with E-state index in [4.69, 9.17) is 0 Å². The monoisotopic (exact) mass is 432 g/mol. The van der Waals surface area contributed by atoms with E-state index in [-0.39, 0.29) is 0 Å². The quantitative estimate of drug-likeness (QED) is 0.241. The number of rotatable bonds is 11. The lowest BCUT2D eigenvalue weighted by atomic mass is 9.91. The summed E-state index contributed by atoms with van der Waals surface area (Å²) in [6, 6.07) is 6.88. The van der Waals surface area contributed by atoms with Crippen molar-refractivity contribution in [3.63, 3.8) is 0 Å². The Morgan fingerprint density at radius 2 is 1.78 bits per heavy atom. The van der Waals surface area contributed by atoms with Crippen LogP contribution >= 0.6 is 0 Å². The minimum atomic E-state index is 0.685. The van der Waals surface area contributed by atoms with Gasteiger partial charge in [-0.3, -0.25) is 0 Å². The molecule has 0 radical (unpaired) electrons. The van der Waals surface area contributed by atoms with Crippen molar-refractivity contribution < 1.29 is 0 Å². The van der Waals surface area contributed by atoms with Crippen molar-refractivity contribution in [2.75, 3.05) is 0 Å². The molecule has 0 aromatic heterocycles. The molecule has 32 heavy (non-hydrogen) atoms. The zero-order chi connectivity index (χ0) is 24.3. The summed E-state index contributed by atoms with van der Waals surface area (Å²) in [4.78, 5) is 0. The zero-order valence-corrected chi connectivity index (χ0v) is 22.1. The molecule has 1 atom stereocenters. The van der Waals surface area contributed by atoms with Crippen molar-refractivity contribution >= 4 is 0 Å². The van der Waals surface area contributed by atoms with Crippen LogP contribution in [0, 0.1) is 18.8 Å². The number of allylic oxidation sites excluding steroid dienone is 7. The van der Waals surface area contributed by atoms with Crippen molar-refractivity contribution in [1.82, 2.24) is 0 Å². The van der Waals surface area contributed by atoms with E-state index in [1.54, 1.807) is 0 Å². The molecule has 0 aliphatic heterocycles. The van der Waals surface area contributed by atoms with E-state index in [9.17, 15) is 0 Å². The molecule has 0 spiro atoms. The molecule has 1 aromatic carbocycles. The van der Waals surface area contributed by atoms with Crippen LogP contribution in [-0.4, -0.2) is 0 Å². The van der Waals surface area contributed by atoms with E-state index in [1.165, 1.54) is 59.1 Å². The van der Waals surface area contributed by atoms with Gasteiger partial charge in [0.1, 0.15) is 0 Å². The summed E-state index contributed by atoms with van der Waals surface area (Å²) in [5, 5.41) is 0. The molecule has 0 bridgehead atoms. The van der Waals surface area contributed by atoms with Gasteiger partial charge in [-0.15, -0.1) is 6.58 Å². The highest BCUT2D eigenvalue weighted by Crippen LogP contribution is 2.31. The predicted molar refractivity (Wildman–Crippen MR) is 146 cm³/mol. The molecule has 1 fully saturated rings. The van der Waals surface area contributed by atoms with Crippen LogP contribution in [0.5, 0.6) is 0 Å². The molecule has 1 saturated carbocycles. The third-order valence-electron chi connectivity index (χ3n) is 6.50. The van der Waals surface area contributed by atoms with E-state index in [1.807, 2.05) is 6.08 Å². The summed E-state index contributed by atoms with van der Waals surface area (Å²) in [5.74, 6) is 1.82. The van der Waals surface area contributed by atoms with Gasteiger partial charge in [0.15, 0.2) is 0 Å². The van der Waals surface area contributed by atoms with Crippen molar-refractivity contribution in [3.05, 3.63) is 94.6 Å². The molecule has 2 rings (SSSR count). The van der Waals surface area contributed by atoms with Gasteiger partial charge in [-0.2, -0.15) is 0 Å². The first-order valence-electron chi connectivity index (χ1n) is 12.5. The van der Waals surface area contributed by atoms with Gasteiger partial charge in [0.25, 0.3) is 0 Å². The third kappa shape index (κ3) is 11.0. The molecule has 176 valence electrons. The number of hydrogen-bond acceptors (Lipinski definition) is 0. The molecule has 0 saturated heterocycles. The maximum absolute atomic E-state index is 4.34. The second kappa shape index (κ2) is 14.1. The fourth-order valence-corrected chi connectivity index (χ4v) is 3.72. The molecule has 0 unspecified atom stereocenters. The van der Waals surface area contributed by atoms with E-state index in [2.05, 4.69) is 92.5 Å². The van der Waals surface area contributed by atoms with Crippen LogP contribution in [-0.2, 0) is 12.8 Å². The van der Waals surface area contributed by atoms with Crippen LogP contribution in [0.1, 0.15) is 90.3 Å². The molecular weight excluding hydrogens is 384 g/mol. The Morgan fingerprint density at radius 3 is 2.25 bits per heavy atom. The van der Waals surface area contributed by atoms with Gasteiger partial charge in [0.2, 0.25) is 0 Å². The van der Waals surface area contributed by atoms with Gasteiger partial charge in [0, 0.05) is 0 Å². The highest BCUT2D eigenvalue weighted by atomic mass is 14.2. The van der Waals surface area contributed by atoms with Crippen LogP contribution in [0.4, 0.5) is 0 Å². The van der Waals surface area contributed by atoms with Crippen LogP contribution in [0.25, 0.3) is 0 Å². The summed E-state index contributed by atoms with van der Waals surface area (Å²) < 4.78 is 0. The average Bonchev–Trinajstić information content (AvgIpc) is 3.56. The molecule has 0 nitrogen and oxygen atoms in total. The lowest BCUT2D eigenvalue weighted by molar-refractivity contribution is 0.529. The van der Waals surface area contributed by atoms with Crippen LogP contribution in [0.3, 0.4) is 0 Å². The normalized spacial score (nSPS) is 14.2. The largest absolute Gasteiger partial charge is 0.100 e. The Bertz CT molecular complexity index is 835. The smallest absolute Gasteiger partial charge is 0.00230 e. The SMILES string of the molecule is C=C/C(=C\C(C)=C(C)C)C(=C)Cc1cc(CC[C@H](C)CC(=C)C)ccc1C.CCC1CC1. The molecule has 0 heterocycles. The third-order valence-corrected chi connectivity index (χ3v) is 6.50. The van der Waals surface area contributed by atoms with Crippen LogP contribution < -0.4 is 0 Å². The number of aryl methyl sites for hydroxylation is 2. The summed E-state index contributed by atoms with van der Waals surface area (Å²) in [5.41, 5.74) is 10.3.